The molecule has 0 radical (unpaired) electrons. The molecule has 8 nitrogen and oxygen atoms in total. The van der Waals surface area contributed by atoms with Gasteiger partial charge >= 0.3 is 0 Å². The van der Waals surface area contributed by atoms with Crippen LogP contribution in [-0.4, -0.2) is 52.3 Å². The Bertz CT molecular complexity index is 1360. The first-order valence-corrected chi connectivity index (χ1v) is 15.3. The van der Waals surface area contributed by atoms with E-state index < -0.39 is 0 Å². The smallest absolute Gasteiger partial charge is 0.175 e. The quantitative estimate of drug-likeness (QED) is 0.236. The zero-order chi connectivity index (χ0) is 28.2. The molecule has 3 heterocycles. The lowest BCUT2D eigenvalue weighted by atomic mass is 9.95. The van der Waals surface area contributed by atoms with Crippen LogP contribution < -0.4 is 15.0 Å². The number of hydrogen-bond acceptors (Lipinski definition) is 9. The number of nitrogens with one attached hydrogen (secondary N) is 1. The second-order valence-electron chi connectivity index (χ2n) is 10.8. The zero-order valence-corrected chi connectivity index (χ0v) is 24.9. The number of rotatable bonds is 13. The largest absolute Gasteiger partial charge is 0.489 e. The summed E-state index contributed by atoms with van der Waals surface area (Å²) in [6, 6.07) is 8.01. The van der Waals surface area contributed by atoms with Gasteiger partial charge in [-0.1, -0.05) is 37.6 Å². The van der Waals surface area contributed by atoms with Crippen molar-refractivity contribution in [1.29, 1.82) is 0 Å². The van der Waals surface area contributed by atoms with Crippen LogP contribution in [0.1, 0.15) is 77.8 Å². The number of carbonyl (C=O) groups is 2. The van der Waals surface area contributed by atoms with E-state index in [9.17, 15) is 9.59 Å². The van der Waals surface area contributed by atoms with Crippen molar-refractivity contribution in [3.05, 3.63) is 56.8 Å². The average Bonchev–Trinajstić information content (AvgIpc) is 3.54. The molecule has 0 spiro atoms. The predicted octanol–water partition coefficient (Wildman–Crippen LogP) is 6.27. The van der Waals surface area contributed by atoms with E-state index in [4.69, 9.17) is 16.3 Å². The fourth-order valence-corrected chi connectivity index (χ4v) is 6.25. The lowest BCUT2D eigenvalue weighted by molar-refractivity contribution is -0.118. The Labute approximate surface area is 244 Å². The second-order valence-corrected chi connectivity index (χ2v) is 12.3. The molecule has 1 aliphatic carbocycles. The maximum absolute atomic E-state index is 13.0. The van der Waals surface area contributed by atoms with Gasteiger partial charge in [0, 0.05) is 32.4 Å². The minimum atomic E-state index is 0.0295. The van der Waals surface area contributed by atoms with E-state index in [-0.39, 0.29) is 23.6 Å². The molecule has 40 heavy (non-hydrogen) atoms. The number of nitrogens with zero attached hydrogens (tertiary/aromatic N) is 4. The van der Waals surface area contributed by atoms with Gasteiger partial charge in [0.1, 0.15) is 39.8 Å². The summed E-state index contributed by atoms with van der Waals surface area (Å²) < 4.78 is 6.28. The van der Waals surface area contributed by atoms with E-state index in [1.54, 1.807) is 6.33 Å². The molecule has 1 aromatic carbocycles. The highest BCUT2D eigenvalue weighted by molar-refractivity contribution is 7.14. The number of carbonyl (C=O) groups excluding carboxylic acids is 2. The van der Waals surface area contributed by atoms with Crippen LogP contribution in [0.25, 0.3) is 0 Å². The van der Waals surface area contributed by atoms with Crippen LogP contribution in [0.15, 0.2) is 30.6 Å². The molecule has 10 heteroatoms. The summed E-state index contributed by atoms with van der Waals surface area (Å²) in [6.45, 7) is 8.15. The van der Waals surface area contributed by atoms with Gasteiger partial charge in [-0.15, -0.1) is 11.3 Å². The van der Waals surface area contributed by atoms with Crippen molar-refractivity contribution in [2.45, 2.75) is 71.3 Å². The molecule has 2 fully saturated rings. The van der Waals surface area contributed by atoms with Crippen molar-refractivity contribution >= 4 is 46.1 Å². The molecule has 0 unspecified atom stereocenters. The summed E-state index contributed by atoms with van der Waals surface area (Å²) in [5, 5.41) is 4.65. The number of anilines is 2. The van der Waals surface area contributed by atoms with Gasteiger partial charge in [0.15, 0.2) is 11.6 Å². The van der Waals surface area contributed by atoms with E-state index in [0.717, 1.165) is 47.6 Å². The number of benzene rings is 1. The Morgan fingerprint density at radius 3 is 2.70 bits per heavy atom. The fraction of sp³-hybridized carbons (Fsp3) is 0.500. The van der Waals surface area contributed by atoms with E-state index >= 15 is 0 Å². The van der Waals surface area contributed by atoms with Crippen LogP contribution in [0.4, 0.5) is 11.6 Å². The Morgan fingerprint density at radius 2 is 1.98 bits per heavy atom. The molecule has 0 amide bonds. The van der Waals surface area contributed by atoms with Crippen LogP contribution in [0.3, 0.4) is 0 Å². The van der Waals surface area contributed by atoms with Gasteiger partial charge in [-0.3, -0.25) is 9.59 Å². The van der Waals surface area contributed by atoms with Gasteiger partial charge in [0.05, 0.1) is 23.5 Å². The first-order valence-electron chi connectivity index (χ1n) is 14.1. The van der Waals surface area contributed by atoms with Crippen LogP contribution in [0.2, 0.25) is 5.02 Å². The van der Waals surface area contributed by atoms with E-state index in [1.165, 1.54) is 24.2 Å². The van der Waals surface area contributed by atoms with Crippen LogP contribution in [-0.2, 0) is 11.2 Å². The maximum atomic E-state index is 13.0. The minimum absolute atomic E-state index is 0.0295. The summed E-state index contributed by atoms with van der Waals surface area (Å²) in [5.41, 5.74) is 1.79. The topological polar surface area (TPSA) is 97.3 Å². The van der Waals surface area contributed by atoms with Crippen molar-refractivity contribution < 1.29 is 14.3 Å². The molecule has 1 saturated heterocycles. The number of ether oxygens (including phenoxy) is 1. The first-order chi connectivity index (χ1) is 19.3. The Hall–Kier alpha value is -3.04. The van der Waals surface area contributed by atoms with Gasteiger partial charge in [0.2, 0.25) is 0 Å². The summed E-state index contributed by atoms with van der Waals surface area (Å²) >= 11 is 8.00. The number of hydrogen-bond donors (Lipinski definition) is 1. The number of aromatic nitrogens is 3. The van der Waals surface area contributed by atoms with Gasteiger partial charge in [-0.05, 0) is 49.3 Å². The van der Waals surface area contributed by atoms with Crippen molar-refractivity contribution in [2.75, 3.05) is 29.9 Å². The highest BCUT2D eigenvalue weighted by Gasteiger charge is 2.28. The number of Topliss-reactive ketones (excluding diaryl/α,β-unsaturated/α-hetero) is 2. The molecule has 1 saturated carbocycles. The van der Waals surface area contributed by atoms with Crippen molar-refractivity contribution in [2.24, 2.45) is 5.92 Å². The molecule has 5 rings (SSSR count). The van der Waals surface area contributed by atoms with Gasteiger partial charge in [-0.25, -0.2) is 15.0 Å². The van der Waals surface area contributed by atoms with Gasteiger partial charge in [-0.2, -0.15) is 0 Å². The Morgan fingerprint density at radius 1 is 1.20 bits per heavy atom. The summed E-state index contributed by atoms with van der Waals surface area (Å²) in [6.07, 6.45) is 6.17. The molecular weight excluding hydrogens is 546 g/mol. The third-order valence-corrected chi connectivity index (χ3v) is 9.10. The summed E-state index contributed by atoms with van der Waals surface area (Å²) in [5.74, 6) is 3.23. The molecule has 2 atom stereocenters. The highest BCUT2D eigenvalue weighted by atomic mass is 35.5. The fourth-order valence-electron chi connectivity index (χ4n) is 4.92. The van der Waals surface area contributed by atoms with Crippen molar-refractivity contribution in [3.63, 3.8) is 0 Å². The Balaban J connectivity index is 1.14. The van der Waals surface area contributed by atoms with Crippen LogP contribution >= 0.6 is 22.9 Å². The molecule has 2 aliphatic rings. The van der Waals surface area contributed by atoms with Gasteiger partial charge < -0.3 is 15.0 Å². The number of thiazole rings is 1. The molecule has 3 aromatic rings. The third-order valence-electron chi connectivity index (χ3n) is 7.55. The number of halogens is 1. The maximum Gasteiger partial charge on any atom is 0.175 e. The zero-order valence-electron chi connectivity index (χ0n) is 23.3. The number of aryl methyl sites for hydroxylation is 1. The lowest BCUT2D eigenvalue weighted by Gasteiger charge is -2.20. The minimum Gasteiger partial charge on any atom is -0.489 e. The normalized spacial score (nSPS) is 17.6. The monoisotopic (exact) mass is 581 g/mol. The molecular formula is C30H36ClN5O3S. The average molecular weight is 582 g/mol. The number of ketones is 2. The lowest BCUT2D eigenvalue weighted by Crippen LogP contribution is -2.26. The molecule has 2 aromatic heterocycles. The molecule has 1 aliphatic heterocycles. The summed E-state index contributed by atoms with van der Waals surface area (Å²) in [7, 11) is 0. The molecule has 0 bridgehead atoms. The van der Waals surface area contributed by atoms with E-state index in [0.29, 0.717) is 47.2 Å². The third kappa shape index (κ3) is 6.99. The predicted molar refractivity (Wildman–Crippen MR) is 159 cm³/mol. The standard InChI is InChI=1S/C30H36ClN5O3S/c1-4-22(37)14-26-35-19(3)28(40-26)25(38)13-18(2)21-7-9-23(10-8-21)39-24-11-12-36(16-24)30-27(31)29(33-17-34-30)32-15-20-5-6-20/h7-10,17-18,20,24H,4-6,11-16H2,1-3H3,(H,32,33,34)/t18-,24-/m1/s1. The molecule has 212 valence electrons. The first kappa shape index (κ1) is 28.5. The second kappa shape index (κ2) is 12.6. The van der Waals surface area contributed by atoms with Gasteiger partial charge in [0.25, 0.3) is 0 Å². The summed E-state index contributed by atoms with van der Waals surface area (Å²) in [4.78, 5) is 40.8. The van der Waals surface area contributed by atoms with E-state index in [2.05, 4.69) is 32.1 Å². The highest BCUT2D eigenvalue weighted by Crippen LogP contribution is 2.34. The SMILES string of the molecule is CCC(=O)Cc1nc(C)c(C(=O)C[C@@H](C)c2ccc(O[C@@H]3CCN(c4ncnc(NCC5CC5)c4Cl)C3)cc2)s1. The molecule has 1 N–H and O–H groups in total. The van der Waals surface area contributed by atoms with E-state index in [1.807, 2.05) is 38.1 Å². The van der Waals surface area contributed by atoms with Crippen LogP contribution in [0, 0.1) is 12.8 Å². The Kier molecular flexibility index (Phi) is 9.00. The van der Waals surface area contributed by atoms with Crippen molar-refractivity contribution in [1.82, 2.24) is 15.0 Å². The van der Waals surface area contributed by atoms with Crippen LogP contribution in [0.5, 0.6) is 5.75 Å². The van der Waals surface area contributed by atoms with Crippen molar-refractivity contribution in [3.8, 4) is 5.75 Å².